The van der Waals surface area contributed by atoms with Crippen molar-refractivity contribution in [1.29, 1.82) is 0 Å². The predicted octanol–water partition coefficient (Wildman–Crippen LogP) is 2.24. The summed E-state index contributed by atoms with van der Waals surface area (Å²) in [5.41, 5.74) is 1.15. The lowest BCUT2D eigenvalue weighted by molar-refractivity contribution is -0.276. The number of nitrogens with zero attached hydrogens (tertiary/aromatic N) is 1. The average molecular weight is 318 g/mol. The highest BCUT2D eigenvalue weighted by molar-refractivity contribution is 5.92. The van der Waals surface area contributed by atoms with Gasteiger partial charge in [0, 0.05) is 12.7 Å². The number of aromatic nitrogens is 1. The van der Waals surface area contributed by atoms with Crippen molar-refractivity contribution in [3.63, 3.8) is 0 Å². The second-order valence-corrected chi connectivity index (χ2v) is 3.56. The molecule has 1 aromatic heterocycles. The van der Waals surface area contributed by atoms with Crippen molar-refractivity contribution in [2.24, 2.45) is 5.73 Å². The van der Waals surface area contributed by atoms with Crippen LogP contribution < -0.4 is 10.5 Å². The number of esters is 1. The van der Waals surface area contributed by atoms with E-state index in [1.54, 1.807) is 0 Å². The first-order chi connectivity index (χ1) is 9.51. The molecule has 0 aliphatic heterocycles. The Kier molecular flexibility index (Phi) is 4.66. The molecule has 118 valence electrons. The number of pyridine rings is 1. The van der Waals surface area contributed by atoms with E-state index >= 15 is 0 Å². The average Bonchev–Trinajstić information content (AvgIpc) is 2.33. The summed E-state index contributed by atoms with van der Waals surface area (Å²) in [6.07, 6.45) is -10.2. The number of ether oxygens (including phenoxy) is 2. The van der Waals surface area contributed by atoms with E-state index in [0.29, 0.717) is 6.20 Å². The van der Waals surface area contributed by atoms with Gasteiger partial charge in [-0.15, -0.1) is 13.2 Å². The first-order valence-corrected chi connectivity index (χ1v) is 5.14. The number of methoxy groups -OCH3 is 1. The lowest BCUT2D eigenvalue weighted by atomic mass is 10.1. The molecule has 1 heterocycles. The summed E-state index contributed by atoms with van der Waals surface area (Å²) in [5.74, 6) is -3.20. The van der Waals surface area contributed by atoms with E-state index in [1.165, 1.54) is 0 Å². The van der Waals surface area contributed by atoms with Gasteiger partial charge in [-0.05, 0) is 0 Å². The Morgan fingerprint density at radius 1 is 1.29 bits per heavy atom. The smallest absolute Gasteiger partial charge is 0.465 e. The minimum atomic E-state index is -5.45. The zero-order valence-electron chi connectivity index (χ0n) is 10.3. The Bertz CT molecular complexity index is 541. The quantitative estimate of drug-likeness (QED) is 0.683. The second kappa shape index (κ2) is 5.76. The van der Waals surface area contributed by atoms with Crippen LogP contribution in [0, 0.1) is 0 Å². The van der Waals surface area contributed by atoms with Crippen molar-refractivity contribution < 1.29 is 40.6 Å². The maximum Gasteiger partial charge on any atom is 0.573 e. The highest BCUT2D eigenvalue weighted by atomic mass is 19.4. The molecule has 1 rings (SSSR count). The molecule has 0 aromatic carbocycles. The number of hydrogen-bond acceptors (Lipinski definition) is 5. The van der Waals surface area contributed by atoms with Gasteiger partial charge in [0.1, 0.15) is 11.1 Å². The number of hydrogen-bond donors (Lipinski definition) is 1. The topological polar surface area (TPSA) is 74.4 Å². The fraction of sp³-hybridized carbons (Fsp3) is 0.400. The van der Waals surface area contributed by atoms with Crippen LogP contribution in [0.4, 0.5) is 26.3 Å². The zero-order chi connectivity index (χ0) is 16.4. The molecule has 0 saturated heterocycles. The van der Waals surface area contributed by atoms with Crippen molar-refractivity contribution in [2.75, 3.05) is 7.11 Å². The van der Waals surface area contributed by atoms with Crippen LogP contribution in [-0.2, 0) is 17.5 Å². The molecule has 0 atom stereocenters. The molecule has 5 nitrogen and oxygen atoms in total. The van der Waals surface area contributed by atoms with Gasteiger partial charge >= 0.3 is 18.5 Å². The molecule has 0 amide bonds. The predicted molar refractivity (Wildman–Crippen MR) is 55.2 cm³/mol. The fourth-order valence-electron chi connectivity index (χ4n) is 1.46. The van der Waals surface area contributed by atoms with Crippen LogP contribution in [0.1, 0.15) is 21.6 Å². The van der Waals surface area contributed by atoms with Crippen LogP contribution in [0.15, 0.2) is 6.20 Å². The number of rotatable bonds is 3. The van der Waals surface area contributed by atoms with Gasteiger partial charge in [-0.1, -0.05) is 0 Å². The van der Waals surface area contributed by atoms with Crippen LogP contribution in [-0.4, -0.2) is 24.4 Å². The number of halogens is 6. The second-order valence-electron chi connectivity index (χ2n) is 3.56. The van der Waals surface area contributed by atoms with Gasteiger partial charge in [0.2, 0.25) is 0 Å². The fourth-order valence-corrected chi connectivity index (χ4v) is 1.46. The van der Waals surface area contributed by atoms with E-state index in [4.69, 9.17) is 5.73 Å². The molecule has 1 aromatic rings. The molecule has 0 aliphatic carbocycles. The molecule has 0 bridgehead atoms. The molecule has 2 N–H and O–H groups in total. The van der Waals surface area contributed by atoms with Crippen molar-refractivity contribution >= 4 is 5.97 Å². The highest BCUT2D eigenvalue weighted by Gasteiger charge is 2.44. The van der Waals surface area contributed by atoms with Gasteiger partial charge < -0.3 is 15.2 Å². The largest absolute Gasteiger partial charge is 0.573 e. The molecule has 0 spiro atoms. The molecule has 0 fully saturated rings. The maximum absolute atomic E-state index is 12.9. The van der Waals surface area contributed by atoms with Gasteiger partial charge in [0.15, 0.2) is 5.75 Å². The molecule has 0 radical (unpaired) electrons. The molecule has 0 unspecified atom stereocenters. The SMILES string of the molecule is COC(=O)c1cnc(CN)c(C(F)(F)F)c1OC(F)(F)F. The van der Waals surface area contributed by atoms with Gasteiger partial charge in [-0.3, -0.25) is 4.98 Å². The van der Waals surface area contributed by atoms with Gasteiger partial charge in [0.25, 0.3) is 0 Å². The Balaban J connectivity index is 3.66. The van der Waals surface area contributed by atoms with E-state index in [0.717, 1.165) is 7.11 Å². The molecule has 11 heteroatoms. The molecule has 0 aliphatic rings. The molecule has 21 heavy (non-hydrogen) atoms. The van der Waals surface area contributed by atoms with E-state index in [9.17, 15) is 31.1 Å². The Hall–Kier alpha value is -2.04. The monoisotopic (exact) mass is 318 g/mol. The standard InChI is InChI=1S/C10H8F6N2O3/c1-20-8(19)4-3-18-5(2-17)6(9(11,12)13)7(4)21-10(14,15)16/h3H,2,17H2,1H3. The van der Waals surface area contributed by atoms with E-state index < -0.39 is 47.6 Å². The van der Waals surface area contributed by atoms with Crippen LogP contribution in [0.3, 0.4) is 0 Å². The summed E-state index contributed by atoms with van der Waals surface area (Å²) < 4.78 is 83.1. The summed E-state index contributed by atoms with van der Waals surface area (Å²) in [6, 6.07) is 0. The summed E-state index contributed by atoms with van der Waals surface area (Å²) in [4.78, 5) is 14.5. The molecule has 0 saturated carbocycles. The lowest BCUT2D eigenvalue weighted by Gasteiger charge is -2.19. The minimum Gasteiger partial charge on any atom is -0.465 e. The summed E-state index contributed by atoms with van der Waals surface area (Å²) in [5, 5.41) is 0. The number of alkyl halides is 6. The van der Waals surface area contributed by atoms with Gasteiger partial charge in [-0.25, -0.2) is 4.79 Å². The Morgan fingerprint density at radius 3 is 2.24 bits per heavy atom. The van der Waals surface area contributed by atoms with E-state index in [2.05, 4.69) is 14.5 Å². The first-order valence-electron chi connectivity index (χ1n) is 5.14. The van der Waals surface area contributed by atoms with Crippen molar-refractivity contribution in [2.45, 2.75) is 19.1 Å². The van der Waals surface area contributed by atoms with Crippen molar-refractivity contribution in [3.05, 3.63) is 23.0 Å². The Labute approximate surface area is 113 Å². The number of nitrogens with two attached hydrogens (primary N) is 1. The Morgan fingerprint density at radius 2 is 1.86 bits per heavy atom. The van der Waals surface area contributed by atoms with E-state index in [-0.39, 0.29) is 0 Å². The number of carbonyl (C=O) groups excluding carboxylic acids is 1. The minimum absolute atomic E-state index is 0.477. The highest BCUT2D eigenvalue weighted by Crippen LogP contribution is 2.42. The third kappa shape index (κ3) is 3.97. The van der Waals surface area contributed by atoms with Crippen molar-refractivity contribution in [3.8, 4) is 5.75 Å². The molecular weight excluding hydrogens is 310 g/mol. The third-order valence-corrected chi connectivity index (χ3v) is 2.21. The van der Waals surface area contributed by atoms with Crippen LogP contribution >= 0.6 is 0 Å². The normalized spacial score (nSPS) is 12.2. The molecular formula is C10H8F6N2O3. The van der Waals surface area contributed by atoms with Crippen LogP contribution in [0.25, 0.3) is 0 Å². The first kappa shape index (κ1) is 17.0. The van der Waals surface area contributed by atoms with E-state index in [1.807, 2.05) is 0 Å². The van der Waals surface area contributed by atoms with Crippen molar-refractivity contribution in [1.82, 2.24) is 4.98 Å². The van der Waals surface area contributed by atoms with Gasteiger partial charge in [0.05, 0.1) is 12.8 Å². The van der Waals surface area contributed by atoms with Crippen LogP contribution in [0.2, 0.25) is 0 Å². The maximum atomic E-state index is 12.9. The lowest BCUT2D eigenvalue weighted by Crippen LogP contribution is -2.25. The number of carbonyl (C=O) groups is 1. The summed E-state index contributed by atoms with van der Waals surface area (Å²) in [7, 11) is 0.782. The third-order valence-electron chi connectivity index (χ3n) is 2.21. The zero-order valence-corrected chi connectivity index (χ0v) is 10.3. The van der Waals surface area contributed by atoms with Gasteiger partial charge in [-0.2, -0.15) is 13.2 Å². The summed E-state index contributed by atoms with van der Waals surface area (Å²) >= 11 is 0. The van der Waals surface area contributed by atoms with Crippen LogP contribution in [0.5, 0.6) is 5.75 Å². The summed E-state index contributed by atoms with van der Waals surface area (Å²) in [6.45, 7) is -0.801.